The Labute approximate surface area is 126 Å². The molecule has 116 valence electrons. The Kier molecular flexibility index (Phi) is 4.91. The average molecular weight is 292 g/mol. The van der Waals surface area contributed by atoms with Crippen molar-refractivity contribution in [2.75, 3.05) is 13.2 Å². The van der Waals surface area contributed by atoms with Crippen molar-refractivity contribution in [3.05, 3.63) is 35.9 Å². The average Bonchev–Trinajstić information content (AvgIpc) is 2.91. The molecule has 1 saturated heterocycles. The lowest BCUT2D eigenvalue weighted by molar-refractivity contribution is -0.259. The third kappa shape index (κ3) is 3.46. The van der Waals surface area contributed by atoms with Crippen LogP contribution in [-0.4, -0.2) is 36.3 Å². The molecule has 1 aliphatic heterocycles. The van der Waals surface area contributed by atoms with Gasteiger partial charge in [-0.1, -0.05) is 36.8 Å². The van der Waals surface area contributed by atoms with Crippen LogP contribution in [0.2, 0.25) is 0 Å². The highest BCUT2D eigenvalue weighted by Gasteiger charge is 2.49. The van der Waals surface area contributed by atoms with Crippen LogP contribution in [0.4, 0.5) is 0 Å². The van der Waals surface area contributed by atoms with Crippen LogP contribution in [0.3, 0.4) is 0 Å². The van der Waals surface area contributed by atoms with E-state index < -0.39 is 5.79 Å². The maximum absolute atomic E-state index is 9.06. The number of benzene rings is 1. The molecule has 0 radical (unpaired) electrons. The second-order valence-electron chi connectivity index (χ2n) is 5.91. The second kappa shape index (κ2) is 6.88. The van der Waals surface area contributed by atoms with E-state index in [0.717, 1.165) is 25.7 Å². The van der Waals surface area contributed by atoms with E-state index in [-0.39, 0.29) is 18.8 Å². The SMILES string of the molecule is OCC[C@@H]1CO[C@@]2(CCCC[C@H]2OCc2ccccc2)O1. The van der Waals surface area contributed by atoms with Gasteiger partial charge in [-0.25, -0.2) is 0 Å². The lowest BCUT2D eigenvalue weighted by atomic mass is 9.91. The fourth-order valence-corrected chi connectivity index (χ4v) is 3.23. The lowest BCUT2D eigenvalue weighted by Crippen LogP contribution is -2.47. The van der Waals surface area contributed by atoms with Gasteiger partial charge in [-0.2, -0.15) is 0 Å². The number of aliphatic hydroxyl groups excluding tert-OH is 1. The molecular formula is C17H24O4. The Morgan fingerprint density at radius 3 is 2.90 bits per heavy atom. The van der Waals surface area contributed by atoms with Gasteiger partial charge in [0.1, 0.15) is 6.10 Å². The molecule has 21 heavy (non-hydrogen) atoms. The van der Waals surface area contributed by atoms with Crippen LogP contribution in [0.15, 0.2) is 30.3 Å². The first-order valence-electron chi connectivity index (χ1n) is 7.90. The minimum atomic E-state index is -0.590. The minimum Gasteiger partial charge on any atom is -0.396 e. The Balaban J connectivity index is 1.62. The smallest absolute Gasteiger partial charge is 0.195 e. The predicted molar refractivity (Wildman–Crippen MR) is 78.7 cm³/mol. The van der Waals surface area contributed by atoms with Gasteiger partial charge >= 0.3 is 0 Å². The zero-order valence-electron chi connectivity index (χ0n) is 12.4. The molecule has 1 heterocycles. The van der Waals surface area contributed by atoms with E-state index in [1.165, 1.54) is 5.56 Å². The van der Waals surface area contributed by atoms with Crippen molar-refractivity contribution in [3.8, 4) is 0 Å². The predicted octanol–water partition coefficient (Wildman–Crippen LogP) is 2.64. The molecule has 4 heteroatoms. The van der Waals surface area contributed by atoms with Crippen molar-refractivity contribution in [3.63, 3.8) is 0 Å². The molecule has 1 aromatic rings. The summed E-state index contributed by atoms with van der Waals surface area (Å²) in [7, 11) is 0. The molecule has 1 saturated carbocycles. The molecule has 1 aromatic carbocycles. The summed E-state index contributed by atoms with van der Waals surface area (Å²) in [6, 6.07) is 10.2. The van der Waals surface area contributed by atoms with E-state index in [2.05, 4.69) is 12.1 Å². The molecule has 2 fully saturated rings. The van der Waals surface area contributed by atoms with E-state index in [4.69, 9.17) is 19.3 Å². The van der Waals surface area contributed by atoms with Crippen LogP contribution >= 0.6 is 0 Å². The summed E-state index contributed by atoms with van der Waals surface area (Å²) in [5, 5.41) is 9.06. The van der Waals surface area contributed by atoms with Crippen molar-refractivity contribution in [1.82, 2.24) is 0 Å². The first-order chi connectivity index (χ1) is 10.3. The number of ether oxygens (including phenoxy) is 3. The largest absolute Gasteiger partial charge is 0.396 e. The molecule has 1 N–H and O–H groups in total. The third-order valence-corrected chi connectivity index (χ3v) is 4.36. The highest BCUT2D eigenvalue weighted by Crippen LogP contribution is 2.40. The van der Waals surface area contributed by atoms with Gasteiger partial charge in [-0.15, -0.1) is 0 Å². The maximum atomic E-state index is 9.06. The first kappa shape index (κ1) is 15.0. The van der Waals surface area contributed by atoms with Gasteiger partial charge in [0, 0.05) is 13.0 Å². The van der Waals surface area contributed by atoms with Crippen LogP contribution in [0, 0.1) is 0 Å². The molecule has 2 aliphatic rings. The van der Waals surface area contributed by atoms with Gasteiger partial charge in [0.2, 0.25) is 0 Å². The number of rotatable bonds is 5. The van der Waals surface area contributed by atoms with Crippen molar-refractivity contribution >= 4 is 0 Å². The zero-order chi connectivity index (χ0) is 14.5. The van der Waals surface area contributed by atoms with Crippen molar-refractivity contribution in [2.24, 2.45) is 0 Å². The number of hydrogen-bond donors (Lipinski definition) is 1. The molecule has 0 amide bonds. The second-order valence-corrected chi connectivity index (χ2v) is 5.91. The Morgan fingerprint density at radius 1 is 1.24 bits per heavy atom. The Hall–Kier alpha value is -0.940. The summed E-state index contributed by atoms with van der Waals surface area (Å²) in [4.78, 5) is 0. The van der Waals surface area contributed by atoms with Crippen LogP contribution in [0.5, 0.6) is 0 Å². The number of hydrogen-bond acceptors (Lipinski definition) is 4. The Bertz CT molecular complexity index is 436. The number of aliphatic hydroxyl groups is 1. The molecule has 3 rings (SSSR count). The molecule has 1 spiro atoms. The van der Waals surface area contributed by atoms with Crippen molar-refractivity contribution in [1.29, 1.82) is 0 Å². The fraction of sp³-hybridized carbons (Fsp3) is 0.647. The van der Waals surface area contributed by atoms with E-state index in [0.29, 0.717) is 19.6 Å². The van der Waals surface area contributed by atoms with Crippen molar-refractivity contribution < 1.29 is 19.3 Å². The molecule has 0 bridgehead atoms. The standard InChI is InChI=1S/C17H24O4/c18-11-9-15-13-20-17(21-15)10-5-4-8-16(17)19-12-14-6-2-1-3-7-14/h1-3,6-7,15-16,18H,4-5,8-13H2/t15-,16-,17+/m1/s1. The monoisotopic (exact) mass is 292 g/mol. The normalized spacial score (nSPS) is 32.6. The van der Waals surface area contributed by atoms with Crippen LogP contribution in [-0.2, 0) is 20.8 Å². The summed E-state index contributed by atoms with van der Waals surface area (Å²) in [6.07, 6.45) is 4.72. The topological polar surface area (TPSA) is 47.9 Å². The molecule has 0 unspecified atom stereocenters. The summed E-state index contributed by atoms with van der Waals surface area (Å²) in [6.45, 7) is 1.29. The van der Waals surface area contributed by atoms with E-state index >= 15 is 0 Å². The summed E-state index contributed by atoms with van der Waals surface area (Å²) >= 11 is 0. The molecule has 0 aromatic heterocycles. The van der Waals surface area contributed by atoms with Crippen LogP contribution in [0.25, 0.3) is 0 Å². The lowest BCUT2D eigenvalue weighted by Gasteiger charge is -2.39. The first-order valence-corrected chi connectivity index (χ1v) is 7.90. The van der Waals surface area contributed by atoms with E-state index in [1.54, 1.807) is 0 Å². The van der Waals surface area contributed by atoms with Crippen molar-refractivity contribution in [2.45, 2.75) is 56.7 Å². The van der Waals surface area contributed by atoms with Gasteiger partial charge in [0.15, 0.2) is 5.79 Å². The minimum absolute atomic E-state index is 0.00377. The highest BCUT2D eigenvalue weighted by molar-refractivity contribution is 5.13. The van der Waals surface area contributed by atoms with Gasteiger partial charge in [0.05, 0.1) is 19.3 Å². The summed E-state index contributed by atoms with van der Waals surface area (Å²) < 4.78 is 18.2. The highest BCUT2D eigenvalue weighted by atomic mass is 16.8. The van der Waals surface area contributed by atoms with Gasteiger partial charge in [-0.3, -0.25) is 0 Å². The molecule has 3 atom stereocenters. The fourth-order valence-electron chi connectivity index (χ4n) is 3.23. The molecule has 1 aliphatic carbocycles. The van der Waals surface area contributed by atoms with E-state index in [9.17, 15) is 0 Å². The van der Waals surface area contributed by atoms with Crippen LogP contribution in [0.1, 0.15) is 37.7 Å². The quantitative estimate of drug-likeness (QED) is 0.906. The van der Waals surface area contributed by atoms with Gasteiger partial charge < -0.3 is 19.3 Å². The maximum Gasteiger partial charge on any atom is 0.195 e. The molecule has 4 nitrogen and oxygen atoms in total. The Morgan fingerprint density at radius 2 is 2.10 bits per heavy atom. The molecular weight excluding hydrogens is 268 g/mol. The van der Waals surface area contributed by atoms with Gasteiger partial charge in [0.25, 0.3) is 0 Å². The third-order valence-electron chi connectivity index (χ3n) is 4.36. The summed E-state index contributed by atoms with van der Waals surface area (Å²) in [5.74, 6) is -0.590. The van der Waals surface area contributed by atoms with Crippen LogP contribution < -0.4 is 0 Å². The van der Waals surface area contributed by atoms with E-state index in [1.807, 2.05) is 18.2 Å². The van der Waals surface area contributed by atoms with Gasteiger partial charge in [-0.05, 0) is 24.8 Å². The zero-order valence-corrected chi connectivity index (χ0v) is 12.4. The summed E-state index contributed by atoms with van der Waals surface area (Å²) in [5.41, 5.74) is 1.17.